The molecule has 0 unspecified atom stereocenters. The van der Waals surface area contributed by atoms with Crippen molar-refractivity contribution in [1.82, 2.24) is 19.4 Å². The molecule has 1 aliphatic carbocycles. The Balaban J connectivity index is 1.53. The molecule has 1 N–H and O–H groups in total. The second-order valence-electron chi connectivity index (χ2n) is 11.3. The van der Waals surface area contributed by atoms with Crippen LogP contribution in [0.1, 0.15) is 62.9 Å². The van der Waals surface area contributed by atoms with Gasteiger partial charge in [-0.25, -0.2) is 23.5 Å². The largest absolute Gasteiger partial charge is 0.444 e. The maximum atomic E-state index is 14.3. The number of aldehydes is 1. The molecular formula is C31H31FN4O5. The molecule has 0 atom stereocenters. The summed E-state index contributed by atoms with van der Waals surface area (Å²) in [6, 6.07) is 14.7. The number of rotatable bonds is 5. The first-order chi connectivity index (χ1) is 19.5. The molecule has 1 amide bonds. The van der Waals surface area contributed by atoms with Crippen LogP contribution in [0.2, 0.25) is 0 Å². The van der Waals surface area contributed by atoms with Crippen molar-refractivity contribution in [2.45, 2.75) is 64.1 Å². The van der Waals surface area contributed by atoms with Gasteiger partial charge >= 0.3 is 11.8 Å². The number of ether oxygens (including phenoxy) is 1. The Kier molecular flexibility index (Phi) is 7.57. The number of aromatic nitrogens is 3. The summed E-state index contributed by atoms with van der Waals surface area (Å²) in [6.45, 7) is 5.37. The predicted octanol–water partition coefficient (Wildman–Crippen LogP) is 5.17. The Bertz CT molecular complexity index is 1730. The SMILES string of the molecule is CC(C)(C)OC(=O)NC1CCC(n2c(=O)c3cc(F)cnc3n(-c3cccc(-c4ccc(C=O)cc4)c3)c2=O)CC1. The summed E-state index contributed by atoms with van der Waals surface area (Å²) < 4.78 is 22.2. The lowest BCUT2D eigenvalue weighted by atomic mass is 9.91. The van der Waals surface area contributed by atoms with E-state index in [1.807, 2.05) is 18.2 Å². The minimum Gasteiger partial charge on any atom is -0.444 e. The number of amides is 1. The standard InChI is InChI=1S/C31H31FN4O5/c1-31(2,3)41-29(39)34-23-11-13-24(14-12-23)36-28(38)26-16-22(32)17-33-27(26)35(30(36)40)25-6-4-5-21(15-25)20-9-7-19(18-37)8-10-20/h4-10,15-18,23-24H,11-14H2,1-3H3,(H,34,39). The minimum atomic E-state index is -0.680. The number of pyridine rings is 1. The highest BCUT2D eigenvalue weighted by atomic mass is 19.1. The number of nitrogens with one attached hydrogen (secondary N) is 1. The third-order valence-corrected chi connectivity index (χ3v) is 7.16. The first kappa shape index (κ1) is 27.9. The van der Waals surface area contributed by atoms with E-state index in [9.17, 15) is 23.6 Å². The van der Waals surface area contributed by atoms with Crippen molar-refractivity contribution in [2.24, 2.45) is 0 Å². The average molecular weight is 559 g/mol. The zero-order valence-electron chi connectivity index (χ0n) is 23.1. The fourth-order valence-corrected chi connectivity index (χ4v) is 5.27. The molecule has 0 spiro atoms. The summed E-state index contributed by atoms with van der Waals surface area (Å²) in [5.41, 5.74) is 0.894. The Morgan fingerprint density at radius 2 is 1.73 bits per heavy atom. The number of halogens is 1. The molecule has 9 nitrogen and oxygen atoms in total. The topological polar surface area (TPSA) is 112 Å². The third-order valence-electron chi connectivity index (χ3n) is 7.16. The minimum absolute atomic E-state index is 0.000609. The Morgan fingerprint density at radius 1 is 1.02 bits per heavy atom. The summed E-state index contributed by atoms with van der Waals surface area (Å²) >= 11 is 0. The molecule has 5 rings (SSSR count). The van der Waals surface area contributed by atoms with Crippen molar-refractivity contribution in [3.05, 3.63) is 93.0 Å². The van der Waals surface area contributed by atoms with Crippen LogP contribution in [0, 0.1) is 5.82 Å². The van der Waals surface area contributed by atoms with Crippen molar-refractivity contribution in [3.63, 3.8) is 0 Å². The molecule has 1 aliphatic rings. The number of carbonyl (C=O) groups is 2. The molecule has 0 aliphatic heterocycles. The van der Waals surface area contributed by atoms with Gasteiger partial charge in [0, 0.05) is 17.6 Å². The van der Waals surface area contributed by atoms with Crippen molar-refractivity contribution in [2.75, 3.05) is 0 Å². The number of hydrogen-bond donors (Lipinski definition) is 1. The highest BCUT2D eigenvalue weighted by Gasteiger charge is 2.29. The summed E-state index contributed by atoms with van der Waals surface area (Å²) in [6.07, 6.45) is 3.26. The van der Waals surface area contributed by atoms with E-state index in [-0.39, 0.29) is 17.1 Å². The van der Waals surface area contributed by atoms with Gasteiger partial charge in [0.1, 0.15) is 17.7 Å². The van der Waals surface area contributed by atoms with Gasteiger partial charge in [-0.3, -0.25) is 14.2 Å². The van der Waals surface area contributed by atoms with Crippen LogP contribution >= 0.6 is 0 Å². The van der Waals surface area contributed by atoms with E-state index in [1.54, 1.807) is 51.1 Å². The first-order valence-corrected chi connectivity index (χ1v) is 13.5. The van der Waals surface area contributed by atoms with E-state index in [0.717, 1.165) is 29.7 Å². The molecule has 2 aromatic heterocycles. The normalized spacial score (nSPS) is 17.3. The molecule has 41 heavy (non-hydrogen) atoms. The number of carbonyl (C=O) groups excluding carboxylic acids is 2. The Morgan fingerprint density at radius 3 is 2.39 bits per heavy atom. The molecule has 2 heterocycles. The second kappa shape index (κ2) is 11.1. The Hall–Kier alpha value is -4.60. The van der Waals surface area contributed by atoms with Crippen molar-refractivity contribution < 1.29 is 18.7 Å². The number of fused-ring (bicyclic) bond motifs is 1. The van der Waals surface area contributed by atoms with Crippen LogP contribution in [0.5, 0.6) is 0 Å². The molecule has 1 saturated carbocycles. The Labute approximate surface area is 235 Å². The van der Waals surface area contributed by atoms with E-state index >= 15 is 0 Å². The third kappa shape index (κ3) is 5.96. The molecule has 2 aromatic carbocycles. The lowest BCUT2D eigenvalue weighted by Crippen LogP contribution is -2.45. The van der Waals surface area contributed by atoms with E-state index in [1.165, 1.54) is 9.13 Å². The highest BCUT2D eigenvalue weighted by Crippen LogP contribution is 2.28. The summed E-state index contributed by atoms with van der Waals surface area (Å²) in [4.78, 5) is 55.0. The second-order valence-corrected chi connectivity index (χ2v) is 11.3. The highest BCUT2D eigenvalue weighted by molar-refractivity contribution is 5.78. The zero-order valence-corrected chi connectivity index (χ0v) is 23.1. The van der Waals surface area contributed by atoms with Gasteiger partial charge in [0.15, 0.2) is 5.65 Å². The van der Waals surface area contributed by atoms with Crippen molar-refractivity contribution >= 4 is 23.4 Å². The molecule has 4 aromatic rings. The van der Waals surface area contributed by atoms with Gasteiger partial charge in [-0.15, -0.1) is 0 Å². The van der Waals surface area contributed by atoms with Crippen LogP contribution in [-0.4, -0.2) is 38.1 Å². The lowest BCUT2D eigenvalue weighted by molar-refractivity contribution is 0.0487. The van der Waals surface area contributed by atoms with Gasteiger partial charge in [-0.05, 0) is 75.8 Å². The van der Waals surface area contributed by atoms with Crippen LogP contribution in [0.3, 0.4) is 0 Å². The fourth-order valence-electron chi connectivity index (χ4n) is 5.27. The predicted molar refractivity (Wildman–Crippen MR) is 153 cm³/mol. The molecule has 0 radical (unpaired) electrons. The summed E-state index contributed by atoms with van der Waals surface area (Å²) in [5, 5.41) is 2.87. The molecule has 1 fully saturated rings. The zero-order chi connectivity index (χ0) is 29.3. The molecule has 0 saturated heterocycles. The number of nitrogens with zero attached hydrogens (tertiary/aromatic N) is 3. The monoisotopic (exact) mass is 558 g/mol. The number of benzene rings is 2. The van der Waals surface area contributed by atoms with Gasteiger partial charge in [0.25, 0.3) is 5.56 Å². The average Bonchev–Trinajstić information content (AvgIpc) is 2.93. The van der Waals surface area contributed by atoms with Crippen LogP contribution in [-0.2, 0) is 4.74 Å². The summed E-state index contributed by atoms with van der Waals surface area (Å²) in [5.74, 6) is -0.680. The van der Waals surface area contributed by atoms with Gasteiger partial charge in [0.2, 0.25) is 0 Å². The van der Waals surface area contributed by atoms with Gasteiger partial charge in [-0.2, -0.15) is 0 Å². The lowest BCUT2D eigenvalue weighted by Gasteiger charge is -2.31. The smallest absolute Gasteiger partial charge is 0.407 e. The van der Waals surface area contributed by atoms with Crippen molar-refractivity contribution in [1.29, 1.82) is 0 Å². The molecule has 0 bridgehead atoms. The van der Waals surface area contributed by atoms with E-state index in [2.05, 4.69) is 10.3 Å². The quantitative estimate of drug-likeness (QED) is 0.338. The fraction of sp³-hybridized carbons (Fsp3) is 0.323. The number of alkyl carbamates (subject to hydrolysis) is 1. The van der Waals surface area contributed by atoms with Crippen LogP contribution in [0.4, 0.5) is 9.18 Å². The maximum absolute atomic E-state index is 14.3. The molecular weight excluding hydrogens is 527 g/mol. The van der Waals surface area contributed by atoms with Crippen LogP contribution in [0.15, 0.2) is 70.4 Å². The molecule has 212 valence electrons. The van der Waals surface area contributed by atoms with E-state index < -0.39 is 34.8 Å². The van der Waals surface area contributed by atoms with E-state index in [0.29, 0.717) is 36.9 Å². The van der Waals surface area contributed by atoms with Crippen LogP contribution in [0.25, 0.3) is 27.8 Å². The van der Waals surface area contributed by atoms with Crippen molar-refractivity contribution in [3.8, 4) is 16.8 Å². The first-order valence-electron chi connectivity index (χ1n) is 13.5. The van der Waals surface area contributed by atoms with E-state index in [4.69, 9.17) is 4.74 Å². The maximum Gasteiger partial charge on any atom is 0.407 e. The molecule has 10 heteroatoms. The van der Waals surface area contributed by atoms with Crippen LogP contribution < -0.4 is 16.6 Å². The summed E-state index contributed by atoms with van der Waals surface area (Å²) in [7, 11) is 0. The van der Waals surface area contributed by atoms with Gasteiger partial charge in [-0.1, -0.05) is 36.4 Å². The van der Waals surface area contributed by atoms with Gasteiger partial charge < -0.3 is 10.1 Å². The van der Waals surface area contributed by atoms with Gasteiger partial charge in [0.05, 0.1) is 17.3 Å². The number of hydrogen-bond acceptors (Lipinski definition) is 6.